The van der Waals surface area contributed by atoms with E-state index in [4.69, 9.17) is 0 Å². The van der Waals surface area contributed by atoms with Crippen molar-refractivity contribution in [3.05, 3.63) is 71.3 Å². The summed E-state index contributed by atoms with van der Waals surface area (Å²) in [5, 5.41) is 0. The van der Waals surface area contributed by atoms with Gasteiger partial charge in [0, 0.05) is 0 Å². The lowest BCUT2D eigenvalue weighted by Gasteiger charge is -2.22. The van der Waals surface area contributed by atoms with E-state index in [2.05, 4.69) is 89.2 Å². The summed E-state index contributed by atoms with van der Waals surface area (Å²) in [4.78, 5) is 0. The average Bonchev–Trinajstić information content (AvgIpc) is 2.84. The Balaban J connectivity index is 0.000000160. The molecular weight excluding hydrogens is 264 g/mol. The topological polar surface area (TPSA) is 0 Å². The average molecular weight is 294 g/mol. The van der Waals surface area contributed by atoms with Crippen LogP contribution in [-0.4, -0.2) is 0 Å². The summed E-state index contributed by atoms with van der Waals surface area (Å²) in [7, 11) is 0. The van der Waals surface area contributed by atoms with E-state index in [0.717, 1.165) is 11.8 Å². The molecule has 2 unspecified atom stereocenters. The van der Waals surface area contributed by atoms with Gasteiger partial charge in [-0.2, -0.15) is 0 Å². The first-order chi connectivity index (χ1) is 10.5. The summed E-state index contributed by atoms with van der Waals surface area (Å²) in [5.74, 6) is 1.61. The smallest absolute Gasteiger partial charge is 0.0106 e. The first kappa shape index (κ1) is 16.8. The molecule has 0 aliphatic heterocycles. The molecule has 0 bridgehead atoms. The fourth-order valence-corrected chi connectivity index (χ4v) is 3.09. The van der Waals surface area contributed by atoms with Gasteiger partial charge in [0.25, 0.3) is 0 Å². The number of benzene rings is 2. The molecule has 0 spiro atoms. The zero-order valence-electron chi connectivity index (χ0n) is 14.8. The molecule has 118 valence electrons. The molecule has 0 fully saturated rings. The third-order valence-electron chi connectivity index (χ3n) is 5.38. The summed E-state index contributed by atoms with van der Waals surface area (Å²) < 4.78 is 0. The van der Waals surface area contributed by atoms with E-state index in [0.29, 0.717) is 5.41 Å². The van der Waals surface area contributed by atoms with Crippen molar-refractivity contribution in [2.75, 3.05) is 0 Å². The number of hydrogen-bond acceptors (Lipinski definition) is 0. The highest BCUT2D eigenvalue weighted by molar-refractivity contribution is 5.35. The maximum absolute atomic E-state index is 2.34. The number of hydrogen-bond donors (Lipinski definition) is 0. The van der Waals surface area contributed by atoms with Crippen molar-refractivity contribution in [3.8, 4) is 0 Å². The van der Waals surface area contributed by atoms with Gasteiger partial charge in [0.1, 0.15) is 0 Å². The normalized spacial score (nSPS) is 20.0. The first-order valence-corrected chi connectivity index (χ1v) is 8.59. The van der Waals surface area contributed by atoms with Gasteiger partial charge in [-0.1, -0.05) is 89.2 Å². The third-order valence-corrected chi connectivity index (χ3v) is 5.38. The summed E-state index contributed by atoms with van der Waals surface area (Å²) in [6, 6.07) is 19.5. The first-order valence-electron chi connectivity index (χ1n) is 8.59. The lowest BCUT2D eigenvalue weighted by Crippen LogP contribution is -2.14. The van der Waals surface area contributed by atoms with E-state index in [-0.39, 0.29) is 0 Å². The highest BCUT2D eigenvalue weighted by atomic mass is 14.3. The third kappa shape index (κ3) is 3.80. The predicted octanol–water partition coefficient (Wildman–Crippen LogP) is 6.36. The lowest BCUT2D eigenvalue weighted by atomic mass is 9.82. The molecular formula is C22H30. The standard InChI is InChI=1S/C11H14.C11H16/c1-8-7-10-5-3-4-6-11(10)9(8)2;1-4-11(2,3)10-8-6-5-7-9-10/h3-6,8-9H,7H2,1-2H3;5-9H,4H2,1-3H3. The molecule has 1 aliphatic rings. The molecule has 0 saturated carbocycles. The van der Waals surface area contributed by atoms with Crippen molar-refractivity contribution in [1.82, 2.24) is 0 Å². The Hall–Kier alpha value is -1.56. The Morgan fingerprint density at radius 1 is 0.909 bits per heavy atom. The van der Waals surface area contributed by atoms with Gasteiger partial charge in [-0.15, -0.1) is 0 Å². The molecule has 3 rings (SSSR count). The van der Waals surface area contributed by atoms with Crippen LogP contribution in [-0.2, 0) is 11.8 Å². The summed E-state index contributed by atoms with van der Waals surface area (Å²) in [5.41, 5.74) is 4.90. The highest BCUT2D eigenvalue weighted by Gasteiger charge is 2.24. The van der Waals surface area contributed by atoms with Crippen LogP contribution in [0, 0.1) is 5.92 Å². The second kappa shape index (κ2) is 7.13. The van der Waals surface area contributed by atoms with Crippen molar-refractivity contribution in [3.63, 3.8) is 0 Å². The molecule has 1 aliphatic carbocycles. The zero-order chi connectivity index (χ0) is 16.2. The Bertz CT molecular complexity index is 580. The Labute approximate surface area is 136 Å². The van der Waals surface area contributed by atoms with Crippen molar-refractivity contribution in [2.45, 2.75) is 58.8 Å². The molecule has 0 amide bonds. The van der Waals surface area contributed by atoms with Crippen LogP contribution in [0.5, 0.6) is 0 Å². The second-order valence-corrected chi connectivity index (χ2v) is 7.27. The molecule has 0 heterocycles. The summed E-state index contributed by atoms with van der Waals surface area (Å²) >= 11 is 0. The van der Waals surface area contributed by atoms with Gasteiger partial charge >= 0.3 is 0 Å². The predicted molar refractivity (Wildman–Crippen MR) is 97.5 cm³/mol. The van der Waals surface area contributed by atoms with E-state index in [1.165, 1.54) is 18.4 Å². The lowest BCUT2D eigenvalue weighted by molar-refractivity contribution is 0.506. The molecule has 0 heteroatoms. The van der Waals surface area contributed by atoms with Crippen molar-refractivity contribution in [1.29, 1.82) is 0 Å². The highest BCUT2D eigenvalue weighted by Crippen LogP contribution is 2.36. The van der Waals surface area contributed by atoms with Crippen LogP contribution < -0.4 is 0 Å². The van der Waals surface area contributed by atoms with Gasteiger partial charge < -0.3 is 0 Å². The second-order valence-electron chi connectivity index (χ2n) is 7.27. The van der Waals surface area contributed by atoms with Crippen LogP contribution in [0.25, 0.3) is 0 Å². The minimum atomic E-state index is 0.335. The molecule has 22 heavy (non-hydrogen) atoms. The van der Waals surface area contributed by atoms with Crippen molar-refractivity contribution >= 4 is 0 Å². The summed E-state index contributed by atoms with van der Waals surface area (Å²) in [6.45, 7) is 11.5. The number of rotatable bonds is 2. The van der Waals surface area contributed by atoms with Gasteiger partial charge in [-0.05, 0) is 46.8 Å². The largest absolute Gasteiger partial charge is 0.0646 e. The Morgan fingerprint density at radius 3 is 2.09 bits per heavy atom. The minimum absolute atomic E-state index is 0.335. The van der Waals surface area contributed by atoms with Crippen LogP contribution in [0.15, 0.2) is 54.6 Å². The fourth-order valence-electron chi connectivity index (χ4n) is 3.09. The molecule has 2 atom stereocenters. The zero-order valence-corrected chi connectivity index (χ0v) is 14.8. The quantitative estimate of drug-likeness (QED) is 0.605. The maximum atomic E-state index is 2.34. The van der Waals surface area contributed by atoms with Crippen LogP contribution in [0.1, 0.15) is 63.6 Å². The minimum Gasteiger partial charge on any atom is -0.0646 e. The molecule has 2 aromatic rings. The van der Waals surface area contributed by atoms with E-state index in [9.17, 15) is 0 Å². The van der Waals surface area contributed by atoms with Gasteiger partial charge in [0.05, 0.1) is 0 Å². The van der Waals surface area contributed by atoms with Gasteiger partial charge in [-0.3, -0.25) is 0 Å². The summed E-state index contributed by atoms with van der Waals surface area (Å²) in [6.07, 6.45) is 2.47. The van der Waals surface area contributed by atoms with Crippen LogP contribution in [0.2, 0.25) is 0 Å². The van der Waals surface area contributed by atoms with Crippen molar-refractivity contribution < 1.29 is 0 Å². The molecule has 0 radical (unpaired) electrons. The Morgan fingerprint density at radius 2 is 1.50 bits per heavy atom. The van der Waals surface area contributed by atoms with Crippen molar-refractivity contribution in [2.24, 2.45) is 5.92 Å². The number of fused-ring (bicyclic) bond motifs is 1. The monoisotopic (exact) mass is 294 g/mol. The van der Waals surface area contributed by atoms with Gasteiger partial charge in [0.2, 0.25) is 0 Å². The van der Waals surface area contributed by atoms with Gasteiger partial charge in [-0.25, -0.2) is 0 Å². The SMILES string of the molecule is CC1Cc2ccccc2C1C.CCC(C)(C)c1ccccc1. The van der Waals surface area contributed by atoms with E-state index in [1.807, 2.05) is 0 Å². The fraction of sp³-hybridized carbons (Fsp3) is 0.455. The van der Waals surface area contributed by atoms with Crippen LogP contribution in [0.4, 0.5) is 0 Å². The molecule has 0 nitrogen and oxygen atoms in total. The molecule has 0 saturated heterocycles. The van der Waals surface area contributed by atoms with Gasteiger partial charge in [0.15, 0.2) is 0 Å². The van der Waals surface area contributed by atoms with E-state index < -0.39 is 0 Å². The molecule has 0 aromatic heterocycles. The molecule has 2 aromatic carbocycles. The molecule has 0 N–H and O–H groups in total. The Kier molecular flexibility index (Phi) is 5.45. The van der Waals surface area contributed by atoms with Crippen LogP contribution in [0.3, 0.4) is 0 Å². The van der Waals surface area contributed by atoms with E-state index in [1.54, 1.807) is 11.1 Å². The maximum Gasteiger partial charge on any atom is -0.0106 e. The van der Waals surface area contributed by atoms with Crippen LogP contribution >= 0.6 is 0 Å². The van der Waals surface area contributed by atoms with E-state index >= 15 is 0 Å².